The second-order valence-electron chi connectivity index (χ2n) is 3.87. The highest BCUT2D eigenvalue weighted by Gasteiger charge is 2.18. The third kappa shape index (κ3) is 3.85. The molecule has 0 aliphatic carbocycles. The Morgan fingerprint density at radius 3 is 2.65 bits per heavy atom. The molecule has 0 aliphatic heterocycles. The van der Waals surface area contributed by atoms with Crippen molar-refractivity contribution in [3.05, 3.63) is 28.8 Å². The Morgan fingerprint density at radius 1 is 1.41 bits per heavy atom. The van der Waals surface area contributed by atoms with Gasteiger partial charge in [-0.15, -0.1) is 0 Å². The van der Waals surface area contributed by atoms with Crippen molar-refractivity contribution in [2.75, 3.05) is 14.2 Å². The fraction of sp³-hybridized carbons (Fsp3) is 0.500. The van der Waals surface area contributed by atoms with Crippen molar-refractivity contribution in [3.63, 3.8) is 0 Å². The Hall–Kier alpha value is -0.810. The lowest BCUT2D eigenvalue weighted by atomic mass is 10.0. The third-order valence-corrected chi connectivity index (χ3v) is 3.07. The first kappa shape index (κ1) is 14.3. The number of nitrogens with two attached hydrogens (primary N) is 1. The molecule has 0 aromatic heterocycles. The average Bonchev–Trinajstić information content (AvgIpc) is 2.35. The van der Waals surface area contributed by atoms with E-state index in [4.69, 9.17) is 26.9 Å². The van der Waals surface area contributed by atoms with Crippen molar-refractivity contribution in [2.24, 2.45) is 5.84 Å². The average molecular weight is 259 g/mol. The van der Waals surface area contributed by atoms with Crippen LogP contribution < -0.4 is 16.0 Å². The molecule has 2 atom stereocenters. The van der Waals surface area contributed by atoms with Crippen LogP contribution in [0.2, 0.25) is 5.02 Å². The number of rotatable bonds is 6. The van der Waals surface area contributed by atoms with Crippen LogP contribution in [0.3, 0.4) is 0 Å². The summed E-state index contributed by atoms with van der Waals surface area (Å²) in [4.78, 5) is 0. The minimum atomic E-state index is 0.00341. The van der Waals surface area contributed by atoms with Crippen LogP contribution >= 0.6 is 11.6 Å². The topological polar surface area (TPSA) is 56.5 Å². The van der Waals surface area contributed by atoms with Crippen LogP contribution in [0.4, 0.5) is 0 Å². The quantitative estimate of drug-likeness (QED) is 0.603. The molecule has 0 saturated heterocycles. The minimum absolute atomic E-state index is 0.00341. The highest BCUT2D eigenvalue weighted by atomic mass is 35.5. The molecule has 0 heterocycles. The molecular formula is C12H19ClN2O2. The van der Waals surface area contributed by atoms with Gasteiger partial charge in [-0.05, 0) is 37.1 Å². The Balaban J connectivity index is 2.88. The van der Waals surface area contributed by atoms with E-state index in [1.807, 2.05) is 19.1 Å². The molecule has 0 aliphatic rings. The second-order valence-corrected chi connectivity index (χ2v) is 4.31. The number of nitrogens with one attached hydrogen (secondary N) is 1. The standard InChI is InChI=1S/C12H19ClN2O2/c1-8(16-2)11(15-14)7-9-6-10(13)4-5-12(9)17-3/h4-6,8,11,15H,7,14H2,1-3H3. The molecule has 5 heteroatoms. The van der Waals surface area contributed by atoms with Crippen LogP contribution in [0, 0.1) is 0 Å². The number of hydrogen-bond acceptors (Lipinski definition) is 4. The third-order valence-electron chi connectivity index (χ3n) is 2.83. The van der Waals surface area contributed by atoms with Crippen LogP contribution in [0.15, 0.2) is 18.2 Å². The van der Waals surface area contributed by atoms with E-state index in [0.717, 1.165) is 11.3 Å². The molecule has 1 aromatic carbocycles. The number of hydrogen-bond donors (Lipinski definition) is 2. The summed E-state index contributed by atoms with van der Waals surface area (Å²) in [6.07, 6.45) is 0.693. The lowest BCUT2D eigenvalue weighted by Crippen LogP contribution is -2.45. The van der Waals surface area contributed by atoms with Crippen molar-refractivity contribution in [3.8, 4) is 5.75 Å². The summed E-state index contributed by atoms with van der Waals surface area (Å²) in [6, 6.07) is 5.54. The van der Waals surface area contributed by atoms with Crippen LogP contribution in [-0.4, -0.2) is 26.4 Å². The highest BCUT2D eigenvalue weighted by Crippen LogP contribution is 2.24. The van der Waals surface area contributed by atoms with Gasteiger partial charge in [0, 0.05) is 12.1 Å². The molecular weight excluding hydrogens is 240 g/mol. The number of ether oxygens (including phenoxy) is 2. The van der Waals surface area contributed by atoms with E-state index in [0.29, 0.717) is 11.4 Å². The summed E-state index contributed by atoms with van der Waals surface area (Å²) in [5.41, 5.74) is 3.75. The van der Waals surface area contributed by atoms with Gasteiger partial charge >= 0.3 is 0 Å². The van der Waals surface area contributed by atoms with Gasteiger partial charge in [-0.25, -0.2) is 0 Å². The van der Waals surface area contributed by atoms with Crippen LogP contribution in [0.25, 0.3) is 0 Å². The van der Waals surface area contributed by atoms with Crippen molar-refractivity contribution in [1.82, 2.24) is 5.43 Å². The summed E-state index contributed by atoms with van der Waals surface area (Å²) in [5, 5.41) is 0.682. The molecule has 0 fully saturated rings. The molecule has 4 nitrogen and oxygen atoms in total. The predicted molar refractivity (Wildman–Crippen MR) is 69.3 cm³/mol. The Bertz CT molecular complexity index is 360. The van der Waals surface area contributed by atoms with Gasteiger partial charge in [0.05, 0.1) is 19.3 Å². The van der Waals surface area contributed by atoms with Gasteiger partial charge in [0.25, 0.3) is 0 Å². The number of benzene rings is 1. The van der Waals surface area contributed by atoms with E-state index in [9.17, 15) is 0 Å². The van der Waals surface area contributed by atoms with Crippen molar-refractivity contribution >= 4 is 11.6 Å². The Kier molecular flexibility index (Phi) is 5.71. The Labute approximate surface area is 107 Å². The maximum atomic E-state index is 5.98. The normalized spacial score (nSPS) is 14.4. The first-order chi connectivity index (χ1) is 8.12. The fourth-order valence-electron chi connectivity index (χ4n) is 1.67. The SMILES string of the molecule is COc1ccc(Cl)cc1CC(NN)C(C)OC. The molecule has 0 saturated carbocycles. The molecule has 1 rings (SSSR count). The molecule has 2 unspecified atom stereocenters. The first-order valence-corrected chi connectivity index (χ1v) is 5.81. The van der Waals surface area contributed by atoms with Gasteiger partial charge in [0.1, 0.15) is 5.75 Å². The molecule has 0 amide bonds. The highest BCUT2D eigenvalue weighted by molar-refractivity contribution is 6.30. The van der Waals surface area contributed by atoms with E-state index < -0.39 is 0 Å². The molecule has 3 N–H and O–H groups in total. The number of methoxy groups -OCH3 is 2. The summed E-state index contributed by atoms with van der Waals surface area (Å²) in [5.74, 6) is 6.33. The molecule has 17 heavy (non-hydrogen) atoms. The second kappa shape index (κ2) is 6.81. The molecule has 96 valence electrons. The maximum absolute atomic E-state index is 5.98. The number of halogens is 1. The van der Waals surface area contributed by atoms with Gasteiger partial charge in [0.15, 0.2) is 0 Å². The van der Waals surface area contributed by atoms with Crippen LogP contribution in [0.1, 0.15) is 12.5 Å². The lowest BCUT2D eigenvalue weighted by Gasteiger charge is -2.23. The van der Waals surface area contributed by atoms with Crippen molar-refractivity contribution < 1.29 is 9.47 Å². The summed E-state index contributed by atoms with van der Waals surface area (Å²) < 4.78 is 10.6. The minimum Gasteiger partial charge on any atom is -0.496 e. The summed E-state index contributed by atoms with van der Waals surface area (Å²) in [7, 11) is 3.29. The lowest BCUT2D eigenvalue weighted by molar-refractivity contribution is 0.0829. The van der Waals surface area contributed by atoms with E-state index in [-0.39, 0.29) is 12.1 Å². The fourth-order valence-corrected chi connectivity index (χ4v) is 1.86. The van der Waals surface area contributed by atoms with Gasteiger partial charge in [-0.2, -0.15) is 0 Å². The van der Waals surface area contributed by atoms with E-state index in [1.54, 1.807) is 20.3 Å². The predicted octanol–water partition coefficient (Wildman–Crippen LogP) is 1.76. The first-order valence-electron chi connectivity index (χ1n) is 5.43. The molecule has 0 radical (unpaired) electrons. The van der Waals surface area contributed by atoms with Gasteiger partial charge in [-0.3, -0.25) is 11.3 Å². The molecule has 0 bridgehead atoms. The van der Waals surface area contributed by atoms with E-state index in [1.165, 1.54) is 0 Å². The van der Waals surface area contributed by atoms with E-state index in [2.05, 4.69) is 5.43 Å². The van der Waals surface area contributed by atoms with Crippen molar-refractivity contribution in [2.45, 2.75) is 25.5 Å². The zero-order valence-electron chi connectivity index (χ0n) is 10.4. The summed E-state index contributed by atoms with van der Waals surface area (Å²) in [6.45, 7) is 1.96. The monoisotopic (exact) mass is 258 g/mol. The van der Waals surface area contributed by atoms with E-state index >= 15 is 0 Å². The largest absolute Gasteiger partial charge is 0.496 e. The van der Waals surface area contributed by atoms with Gasteiger partial charge in [0.2, 0.25) is 0 Å². The molecule has 0 spiro atoms. The van der Waals surface area contributed by atoms with Crippen LogP contribution in [-0.2, 0) is 11.2 Å². The number of hydrazine groups is 1. The smallest absolute Gasteiger partial charge is 0.122 e. The zero-order valence-corrected chi connectivity index (χ0v) is 11.1. The molecule has 1 aromatic rings. The van der Waals surface area contributed by atoms with Gasteiger partial charge in [-0.1, -0.05) is 11.6 Å². The summed E-state index contributed by atoms with van der Waals surface area (Å²) >= 11 is 5.98. The van der Waals surface area contributed by atoms with Gasteiger partial charge < -0.3 is 9.47 Å². The van der Waals surface area contributed by atoms with Crippen LogP contribution in [0.5, 0.6) is 5.75 Å². The zero-order chi connectivity index (χ0) is 12.8. The maximum Gasteiger partial charge on any atom is 0.122 e. The van der Waals surface area contributed by atoms with Crippen molar-refractivity contribution in [1.29, 1.82) is 0 Å². The Morgan fingerprint density at radius 2 is 2.12 bits per heavy atom.